The van der Waals surface area contributed by atoms with Crippen LogP contribution in [0.3, 0.4) is 0 Å². The number of nitrogens with one attached hydrogen (secondary N) is 2. The number of thioether (sulfide) groups is 2. The molecule has 0 saturated carbocycles. The van der Waals surface area contributed by atoms with Gasteiger partial charge in [-0.1, -0.05) is 12.8 Å². The van der Waals surface area contributed by atoms with Crippen LogP contribution >= 0.6 is 23.5 Å². The first kappa shape index (κ1) is 34.1. The molecule has 8 heteroatoms. The van der Waals surface area contributed by atoms with Crippen LogP contribution in [0.15, 0.2) is 9.98 Å². The van der Waals surface area contributed by atoms with Gasteiger partial charge in [-0.2, -0.15) is 0 Å². The van der Waals surface area contributed by atoms with Gasteiger partial charge >= 0.3 is 0 Å². The second-order valence-corrected chi connectivity index (χ2v) is 15.6. The molecule has 0 spiro atoms. The summed E-state index contributed by atoms with van der Waals surface area (Å²) < 4.78 is 0. The first-order valence-corrected chi connectivity index (χ1v) is 16.9. The van der Waals surface area contributed by atoms with E-state index in [2.05, 4.69) is 104 Å². The molecule has 0 aromatic rings. The lowest BCUT2D eigenvalue weighted by Crippen LogP contribution is -2.49. The molecule has 2 N–H and O–H groups in total. The Morgan fingerprint density at radius 1 is 0.632 bits per heavy atom. The summed E-state index contributed by atoms with van der Waals surface area (Å²) in [4.78, 5) is 14.7. The topological polar surface area (TPSA) is 55.3 Å². The molecule has 222 valence electrons. The van der Waals surface area contributed by atoms with E-state index in [0.717, 1.165) is 24.6 Å². The molecule has 2 aliphatic rings. The van der Waals surface area contributed by atoms with E-state index in [0.29, 0.717) is 12.1 Å². The third kappa shape index (κ3) is 9.20. The largest absolute Gasteiger partial charge is 0.314 e. The molecule has 2 atom stereocenters. The second kappa shape index (κ2) is 14.2. The standard InChI is InChI=1S/C30H60N6S2/c1-23(17-21-37-25-27(3,4)35(11)29(7,8)33-25)31-19-15-13-14-16-20-32-24(2)18-22-38-26-28(5,6)36(12)30(9,10)34-26/h23-24,31-32H,13-22H2,1-12H3. The van der Waals surface area contributed by atoms with Gasteiger partial charge in [-0.25, -0.2) is 0 Å². The van der Waals surface area contributed by atoms with E-state index in [1.54, 1.807) is 0 Å². The van der Waals surface area contributed by atoms with Gasteiger partial charge in [0.25, 0.3) is 0 Å². The molecule has 0 radical (unpaired) electrons. The summed E-state index contributed by atoms with van der Waals surface area (Å²) in [6, 6.07) is 1.12. The van der Waals surface area contributed by atoms with Gasteiger partial charge in [-0.05, 0) is 122 Å². The summed E-state index contributed by atoms with van der Waals surface area (Å²) in [6.45, 7) is 24.9. The maximum Gasteiger partial charge on any atom is 0.109 e. The molecule has 2 heterocycles. The molecule has 2 rings (SSSR count). The van der Waals surface area contributed by atoms with Crippen LogP contribution in [-0.2, 0) is 0 Å². The second-order valence-electron chi connectivity index (χ2n) is 13.5. The molecular weight excluding hydrogens is 509 g/mol. The molecule has 0 amide bonds. The average molecular weight is 569 g/mol. The van der Waals surface area contributed by atoms with Gasteiger partial charge in [0.2, 0.25) is 0 Å². The van der Waals surface area contributed by atoms with E-state index < -0.39 is 0 Å². The average Bonchev–Trinajstić information content (AvgIpc) is 3.07. The maximum atomic E-state index is 4.99. The third-order valence-electron chi connectivity index (χ3n) is 8.78. The first-order chi connectivity index (χ1) is 17.5. The lowest BCUT2D eigenvalue weighted by molar-refractivity contribution is 0.121. The zero-order valence-electron chi connectivity index (χ0n) is 26.8. The van der Waals surface area contributed by atoms with Crippen LogP contribution < -0.4 is 10.6 Å². The van der Waals surface area contributed by atoms with E-state index in [-0.39, 0.29) is 22.4 Å². The first-order valence-electron chi connectivity index (χ1n) is 14.9. The van der Waals surface area contributed by atoms with Gasteiger partial charge in [0.15, 0.2) is 0 Å². The molecule has 0 saturated heterocycles. The van der Waals surface area contributed by atoms with Gasteiger partial charge in [-0.15, -0.1) is 23.5 Å². The minimum Gasteiger partial charge on any atom is -0.314 e. The maximum absolute atomic E-state index is 4.99. The van der Waals surface area contributed by atoms with Crippen molar-refractivity contribution in [3.63, 3.8) is 0 Å². The van der Waals surface area contributed by atoms with Gasteiger partial charge in [-0.3, -0.25) is 19.8 Å². The highest BCUT2D eigenvalue weighted by Gasteiger charge is 2.45. The van der Waals surface area contributed by atoms with Gasteiger partial charge < -0.3 is 10.6 Å². The molecule has 38 heavy (non-hydrogen) atoms. The molecule has 0 aromatic heterocycles. The predicted octanol–water partition coefficient (Wildman–Crippen LogP) is 6.47. The minimum absolute atomic E-state index is 0.0349. The zero-order valence-corrected chi connectivity index (χ0v) is 28.5. The van der Waals surface area contributed by atoms with E-state index >= 15 is 0 Å². The fourth-order valence-corrected chi connectivity index (χ4v) is 8.05. The lowest BCUT2D eigenvalue weighted by atomic mass is 10.0. The summed E-state index contributed by atoms with van der Waals surface area (Å²) >= 11 is 3.89. The van der Waals surface area contributed by atoms with Crippen molar-refractivity contribution in [1.82, 2.24) is 20.4 Å². The molecule has 2 unspecified atom stereocenters. The normalized spacial score (nSPS) is 23.9. The Kier molecular flexibility index (Phi) is 12.7. The number of hydrogen-bond donors (Lipinski definition) is 2. The van der Waals surface area contributed by atoms with Crippen molar-refractivity contribution in [2.75, 3.05) is 38.7 Å². The highest BCUT2D eigenvalue weighted by molar-refractivity contribution is 8.14. The van der Waals surface area contributed by atoms with Crippen LogP contribution in [0.4, 0.5) is 0 Å². The molecule has 2 aliphatic heterocycles. The van der Waals surface area contributed by atoms with Crippen molar-refractivity contribution >= 4 is 33.6 Å². The van der Waals surface area contributed by atoms with Gasteiger partial charge in [0.1, 0.15) is 11.3 Å². The Hall–Kier alpha value is -0.120. The summed E-state index contributed by atoms with van der Waals surface area (Å²) in [5.41, 5.74) is -0.125. The fourth-order valence-electron chi connectivity index (χ4n) is 5.16. The quantitative estimate of drug-likeness (QED) is 0.221. The summed E-state index contributed by atoms with van der Waals surface area (Å²) in [6.07, 6.45) is 7.53. The number of hydrogen-bond acceptors (Lipinski definition) is 8. The van der Waals surface area contributed by atoms with Crippen molar-refractivity contribution < 1.29 is 0 Å². The zero-order chi connectivity index (χ0) is 28.8. The number of aliphatic imine (C=N–C) groups is 2. The van der Waals surface area contributed by atoms with Crippen LogP contribution in [0.25, 0.3) is 0 Å². The SMILES string of the molecule is CC(CCSC1=NC(C)(C)N(C)C1(C)C)NCCCCCCNC(C)CCSC1=NC(C)(C)N(C)C1(C)C. The smallest absolute Gasteiger partial charge is 0.109 e. The van der Waals surface area contributed by atoms with Crippen molar-refractivity contribution in [3.8, 4) is 0 Å². The fraction of sp³-hybridized carbons (Fsp3) is 0.933. The summed E-state index contributed by atoms with van der Waals surface area (Å²) in [5.74, 6) is 2.26. The van der Waals surface area contributed by atoms with E-state index in [4.69, 9.17) is 9.98 Å². The number of unbranched alkanes of at least 4 members (excludes halogenated alkanes) is 3. The Morgan fingerprint density at radius 2 is 0.974 bits per heavy atom. The monoisotopic (exact) mass is 568 g/mol. The molecular formula is C30H60N6S2. The number of rotatable bonds is 15. The van der Waals surface area contributed by atoms with E-state index in [9.17, 15) is 0 Å². The lowest BCUT2D eigenvalue weighted by Gasteiger charge is -2.36. The highest BCUT2D eigenvalue weighted by Crippen LogP contribution is 2.38. The van der Waals surface area contributed by atoms with Crippen molar-refractivity contribution in [3.05, 3.63) is 0 Å². The van der Waals surface area contributed by atoms with Gasteiger partial charge in [0.05, 0.1) is 21.2 Å². The summed E-state index contributed by atoms with van der Waals surface area (Å²) in [5, 5.41) is 10.0. The Morgan fingerprint density at radius 3 is 1.26 bits per heavy atom. The molecule has 6 nitrogen and oxygen atoms in total. The van der Waals surface area contributed by atoms with Crippen LogP contribution in [0.1, 0.15) is 108 Å². The van der Waals surface area contributed by atoms with E-state index in [1.807, 2.05) is 23.5 Å². The van der Waals surface area contributed by atoms with Crippen LogP contribution in [0.5, 0.6) is 0 Å². The van der Waals surface area contributed by atoms with Crippen molar-refractivity contribution in [2.45, 2.75) is 142 Å². The molecule has 0 bridgehead atoms. The number of nitrogens with zero attached hydrogens (tertiary/aromatic N) is 4. The Labute approximate surface area is 244 Å². The van der Waals surface area contributed by atoms with Crippen molar-refractivity contribution in [1.29, 1.82) is 0 Å². The Balaban J connectivity index is 1.46. The van der Waals surface area contributed by atoms with E-state index in [1.165, 1.54) is 48.6 Å². The highest BCUT2D eigenvalue weighted by atomic mass is 32.2. The van der Waals surface area contributed by atoms with Gasteiger partial charge in [0, 0.05) is 23.6 Å². The molecule has 0 aliphatic carbocycles. The van der Waals surface area contributed by atoms with Crippen LogP contribution in [0, 0.1) is 0 Å². The Bertz CT molecular complexity index is 739. The van der Waals surface area contributed by atoms with Crippen LogP contribution in [0.2, 0.25) is 0 Å². The minimum atomic E-state index is -0.0975. The third-order valence-corrected chi connectivity index (χ3v) is 11.4. The van der Waals surface area contributed by atoms with Crippen LogP contribution in [-0.4, -0.2) is 93.1 Å². The molecule has 0 fully saturated rings. The molecule has 0 aromatic carbocycles. The predicted molar refractivity (Wildman–Crippen MR) is 174 cm³/mol. The van der Waals surface area contributed by atoms with Crippen molar-refractivity contribution in [2.24, 2.45) is 9.98 Å². The summed E-state index contributed by atoms with van der Waals surface area (Å²) in [7, 11) is 4.37.